The first-order chi connectivity index (χ1) is 15.5. The molecule has 3 heterocycles. The molecule has 2 aromatic heterocycles. The third kappa shape index (κ3) is 4.37. The number of ether oxygens (including phenoxy) is 1. The number of hydrogen-bond acceptors (Lipinski definition) is 4. The van der Waals surface area contributed by atoms with E-state index < -0.39 is 0 Å². The van der Waals surface area contributed by atoms with Crippen LogP contribution in [-0.4, -0.2) is 34.3 Å². The van der Waals surface area contributed by atoms with Crippen LogP contribution in [0.25, 0.3) is 0 Å². The quantitative estimate of drug-likeness (QED) is 0.526. The highest BCUT2D eigenvalue weighted by Crippen LogP contribution is 2.42. The van der Waals surface area contributed by atoms with E-state index in [1.807, 2.05) is 42.5 Å². The number of methoxy groups -OCH3 is 1. The number of aromatic nitrogens is 2. The van der Waals surface area contributed by atoms with Gasteiger partial charge >= 0.3 is 0 Å². The van der Waals surface area contributed by atoms with E-state index in [0.29, 0.717) is 16.8 Å². The molecule has 32 heavy (non-hydrogen) atoms. The van der Waals surface area contributed by atoms with Crippen molar-refractivity contribution in [2.45, 2.75) is 32.0 Å². The molecule has 1 aliphatic rings. The lowest BCUT2D eigenvalue weighted by atomic mass is 10.0. The Morgan fingerprint density at radius 2 is 1.97 bits per heavy atom. The van der Waals surface area contributed by atoms with Crippen LogP contribution in [0.4, 0.5) is 11.4 Å². The first kappa shape index (κ1) is 22.0. The zero-order valence-electron chi connectivity index (χ0n) is 18.4. The van der Waals surface area contributed by atoms with Crippen molar-refractivity contribution in [3.8, 4) is 0 Å². The van der Waals surface area contributed by atoms with Crippen LogP contribution in [0.1, 0.15) is 43.4 Å². The van der Waals surface area contributed by atoms with Crippen LogP contribution in [0.2, 0.25) is 0 Å². The number of hydrogen-bond donors (Lipinski definition) is 2. The number of amides is 1. The summed E-state index contributed by atoms with van der Waals surface area (Å²) < 4.78 is 7.15. The summed E-state index contributed by atoms with van der Waals surface area (Å²) in [7, 11) is 1.50. The van der Waals surface area contributed by atoms with E-state index in [2.05, 4.69) is 57.3 Å². The zero-order chi connectivity index (χ0) is 22.7. The first-order valence-corrected chi connectivity index (χ1v) is 11.0. The topological polar surface area (TPSA) is 71.4 Å². The number of benzene rings is 1. The Kier molecular flexibility index (Phi) is 6.53. The van der Waals surface area contributed by atoms with Crippen molar-refractivity contribution in [3.05, 3.63) is 78.4 Å². The number of carbonyl (C=O) groups excluding carboxylic acids is 1. The van der Waals surface area contributed by atoms with E-state index in [4.69, 9.17) is 17.0 Å². The van der Waals surface area contributed by atoms with Crippen molar-refractivity contribution < 1.29 is 9.53 Å². The molecule has 2 atom stereocenters. The van der Waals surface area contributed by atoms with Crippen LogP contribution in [0.15, 0.2) is 67.0 Å². The van der Waals surface area contributed by atoms with Crippen LogP contribution in [0.5, 0.6) is 0 Å². The van der Waals surface area contributed by atoms with Gasteiger partial charge in [-0.3, -0.25) is 9.78 Å². The molecular formula is C24H27N5O2S. The lowest BCUT2D eigenvalue weighted by Crippen LogP contribution is -2.30. The normalized spacial score (nSPS) is 18.1. The smallest absolute Gasteiger partial charge is 0.250 e. The number of carbonyl (C=O) groups is 1. The number of anilines is 2. The average Bonchev–Trinajstić information content (AvgIpc) is 3.39. The Balaban J connectivity index is 1.72. The average molecular weight is 450 g/mol. The minimum atomic E-state index is -0.193. The van der Waals surface area contributed by atoms with Gasteiger partial charge in [0.25, 0.3) is 0 Å². The van der Waals surface area contributed by atoms with E-state index >= 15 is 0 Å². The lowest BCUT2D eigenvalue weighted by Gasteiger charge is -2.30. The fourth-order valence-corrected chi connectivity index (χ4v) is 4.44. The second kappa shape index (κ2) is 9.50. The van der Waals surface area contributed by atoms with Crippen LogP contribution in [0, 0.1) is 0 Å². The molecular weight excluding hydrogens is 422 g/mol. The minimum absolute atomic E-state index is 0.0158. The van der Waals surface area contributed by atoms with Gasteiger partial charge in [0.05, 0.1) is 11.7 Å². The summed E-state index contributed by atoms with van der Waals surface area (Å²) in [6.07, 6.45) is 3.90. The fraction of sp³-hybridized carbons (Fsp3) is 0.292. The summed E-state index contributed by atoms with van der Waals surface area (Å²) in [5.41, 5.74) is 3.73. The highest BCUT2D eigenvalue weighted by molar-refractivity contribution is 7.80. The van der Waals surface area contributed by atoms with E-state index in [1.54, 1.807) is 6.20 Å². The maximum atomic E-state index is 11.8. The van der Waals surface area contributed by atoms with E-state index in [-0.39, 0.29) is 24.6 Å². The molecule has 0 radical (unpaired) electrons. The molecule has 1 fully saturated rings. The van der Waals surface area contributed by atoms with Gasteiger partial charge in [-0.15, -0.1) is 0 Å². The molecule has 4 rings (SSSR count). The fourth-order valence-electron chi connectivity index (χ4n) is 4.10. The third-order valence-electron chi connectivity index (χ3n) is 5.47. The van der Waals surface area contributed by atoms with Gasteiger partial charge in [-0.05, 0) is 74.6 Å². The van der Waals surface area contributed by atoms with E-state index in [9.17, 15) is 4.79 Å². The van der Waals surface area contributed by atoms with Gasteiger partial charge in [0.1, 0.15) is 12.6 Å². The zero-order valence-corrected chi connectivity index (χ0v) is 19.2. The standard InChI is InChI=1S/C24H27N5O2S/c1-16(2)28-14-6-8-20(28)23-22(19-7-4-5-13-25-19)27-24(32)29(23)18-11-9-17(10-12-18)26-21(30)15-31-3/h4-14,16,22-23H,15H2,1-3H3,(H,26,30)(H,27,32)/t22-,23-/m1/s1. The molecule has 7 nitrogen and oxygen atoms in total. The Morgan fingerprint density at radius 3 is 2.62 bits per heavy atom. The summed E-state index contributed by atoms with van der Waals surface area (Å²) in [6, 6.07) is 17.9. The molecule has 0 bridgehead atoms. The second-order valence-electron chi connectivity index (χ2n) is 7.96. The van der Waals surface area contributed by atoms with E-state index in [1.165, 1.54) is 7.11 Å². The summed E-state index contributed by atoms with van der Waals surface area (Å²) >= 11 is 5.79. The summed E-state index contributed by atoms with van der Waals surface area (Å²) in [6.45, 7) is 4.35. The first-order valence-electron chi connectivity index (χ1n) is 10.6. The molecule has 8 heteroatoms. The van der Waals surface area contributed by atoms with Crippen molar-refractivity contribution in [1.82, 2.24) is 14.9 Å². The molecule has 0 aliphatic carbocycles. The van der Waals surface area contributed by atoms with Crippen LogP contribution in [-0.2, 0) is 9.53 Å². The maximum Gasteiger partial charge on any atom is 0.250 e. The Morgan fingerprint density at radius 1 is 1.19 bits per heavy atom. The maximum absolute atomic E-state index is 11.8. The predicted octanol–water partition coefficient (Wildman–Crippen LogP) is 4.23. The minimum Gasteiger partial charge on any atom is -0.375 e. The van der Waals surface area contributed by atoms with Gasteiger partial charge in [0, 0.05) is 42.6 Å². The number of nitrogens with one attached hydrogen (secondary N) is 2. The summed E-state index contributed by atoms with van der Waals surface area (Å²) in [4.78, 5) is 18.6. The van der Waals surface area contributed by atoms with Crippen LogP contribution in [0.3, 0.4) is 0 Å². The molecule has 166 valence electrons. The van der Waals surface area contributed by atoms with Crippen molar-refractivity contribution in [2.24, 2.45) is 0 Å². The molecule has 1 amide bonds. The number of nitrogens with zero attached hydrogens (tertiary/aromatic N) is 3. The van der Waals surface area contributed by atoms with Gasteiger partial charge < -0.3 is 24.8 Å². The van der Waals surface area contributed by atoms with Crippen molar-refractivity contribution in [2.75, 3.05) is 23.9 Å². The van der Waals surface area contributed by atoms with Crippen molar-refractivity contribution in [3.63, 3.8) is 0 Å². The number of rotatable bonds is 7. The molecule has 0 saturated carbocycles. The second-order valence-corrected chi connectivity index (χ2v) is 8.35. The molecule has 1 aliphatic heterocycles. The molecule has 1 aromatic carbocycles. The predicted molar refractivity (Wildman–Crippen MR) is 130 cm³/mol. The van der Waals surface area contributed by atoms with E-state index in [0.717, 1.165) is 17.1 Å². The number of pyridine rings is 1. The summed E-state index contributed by atoms with van der Waals surface area (Å²) in [5.74, 6) is -0.193. The summed E-state index contributed by atoms with van der Waals surface area (Å²) in [5, 5.41) is 6.94. The molecule has 0 unspecified atom stereocenters. The van der Waals surface area contributed by atoms with Crippen molar-refractivity contribution in [1.29, 1.82) is 0 Å². The largest absolute Gasteiger partial charge is 0.375 e. The van der Waals surface area contributed by atoms with Gasteiger partial charge in [-0.25, -0.2) is 0 Å². The van der Waals surface area contributed by atoms with Gasteiger partial charge in [-0.2, -0.15) is 0 Å². The SMILES string of the molecule is COCC(=O)Nc1ccc(N2C(=S)N[C@H](c3ccccn3)[C@H]2c2cccn2C(C)C)cc1. The Labute approximate surface area is 193 Å². The molecule has 2 N–H and O–H groups in total. The Hall–Kier alpha value is -3.23. The third-order valence-corrected chi connectivity index (χ3v) is 5.79. The van der Waals surface area contributed by atoms with Gasteiger partial charge in [-0.1, -0.05) is 6.07 Å². The monoisotopic (exact) mass is 449 g/mol. The highest BCUT2D eigenvalue weighted by atomic mass is 32.1. The molecule has 1 saturated heterocycles. The lowest BCUT2D eigenvalue weighted by molar-refractivity contribution is -0.119. The van der Waals surface area contributed by atoms with Gasteiger partial charge in [0.2, 0.25) is 5.91 Å². The Bertz CT molecular complexity index is 1080. The molecule has 3 aromatic rings. The van der Waals surface area contributed by atoms with Crippen LogP contribution >= 0.6 is 12.2 Å². The van der Waals surface area contributed by atoms with Gasteiger partial charge in [0.15, 0.2) is 5.11 Å². The molecule has 0 spiro atoms. The van der Waals surface area contributed by atoms with Crippen molar-refractivity contribution >= 4 is 34.6 Å². The van der Waals surface area contributed by atoms with Crippen LogP contribution < -0.4 is 15.5 Å². The highest BCUT2D eigenvalue weighted by Gasteiger charge is 2.42. The number of thiocarbonyl (C=S) groups is 1.